The summed E-state index contributed by atoms with van der Waals surface area (Å²) in [6, 6.07) is 14.0. The number of amides is 1. The van der Waals surface area contributed by atoms with E-state index in [-0.39, 0.29) is 12.3 Å². The molecule has 4 nitrogen and oxygen atoms in total. The molecule has 2 aromatic rings. The number of carboxylic acids is 1. The average molecular weight is 352 g/mol. The fourth-order valence-electron chi connectivity index (χ4n) is 2.19. The highest BCUT2D eigenvalue weighted by Crippen LogP contribution is 2.25. The van der Waals surface area contributed by atoms with Gasteiger partial charge in [-0.15, -0.1) is 0 Å². The van der Waals surface area contributed by atoms with Gasteiger partial charge in [-0.2, -0.15) is 0 Å². The molecule has 0 radical (unpaired) electrons. The molecule has 0 heterocycles. The highest BCUT2D eigenvalue weighted by Gasteiger charge is 2.22. The van der Waals surface area contributed by atoms with Gasteiger partial charge in [0.15, 0.2) is 0 Å². The van der Waals surface area contributed by atoms with E-state index in [9.17, 15) is 9.59 Å². The molecule has 0 fully saturated rings. The predicted octanol–water partition coefficient (Wildman–Crippen LogP) is 4.27. The van der Waals surface area contributed by atoms with Gasteiger partial charge in [-0.25, -0.2) is 0 Å². The Morgan fingerprint density at radius 1 is 1.04 bits per heavy atom. The predicted molar refractivity (Wildman–Crippen MR) is 91.0 cm³/mol. The van der Waals surface area contributed by atoms with Crippen LogP contribution in [0.2, 0.25) is 10.0 Å². The third-order valence-electron chi connectivity index (χ3n) is 3.30. The van der Waals surface area contributed by atoms with Crippen LogP contribution in [0.1, 0.15) is 12.0 Å². The summed E-state index contributed by atoms with van der Waals surface area (Å²) in [5.74, 6) is -2.06. The molecule has 120 valence electrons. The van der Waals surface area contributed by atoms with Gasteiger partial charge in [-0.1, -0.05) is 53.5 Å². The number of hydrogen-bond acceptors (Lipinski definition) is 2. The highest BCUT2D eigenvalue weighted by molar-refractivity contribution is 6.42. The minimum atomic E-state index is -1.02. The van der Waals surface area contributed by atoms with Crippen molar-refractivity contribution in [2.75, 3.05) is 5.32 Å². The Hall–Kier alpha value is -2.04. The maximum absolute atomic E-state index is 12.4. The van der Waals surface area contributed by atoms with Crippen molar-refractivity contribution < 1.29 is 14.7 Å². The summed E-state index contributed by atoms with van der Waals surface area (Å²) in [4.78, 5) is 23.4. The van der Waals surface area contributed by atoms with E-state index in [4.69, 9.17) is 28.3 Å². The van der Waals surface area contributed by atoms with Crippen molar-refractivity contribution in [2.45, 2.75) is 12.8 Å². The van der Waals surface area contributed by atoms with Crippen LogP contribution in [0.4, 0.5) is 5.69 Å². The molecule has 0 aliphatic rings. The standard InChI is InChI=1S/C17H15Cl2NO3/c18-14-7-6-13(10-15(14)19)20-17(23)12(9-16(21)22)8-11-4-2-1-3-5-11/h1-7,10,12H,8-9H2,(H,20,23)(H,21,22). The highest BCUT2D eigenvalue weighted by atomic mass is 35.5. The average Bonchev–Trinajstić information content (AvgIpc) is 2.51. The Bertz CT molecular complexity index is 704. The maximum Gasteiger partial charge on any atom is 0.304 e. The lowest BCUT2D eigenvalue weighted by Gasteiger charge is -2.15. The molecule has 0 spiro atoms. The van der Waals surface area contributed by atoms with Crippen molar-refractivity contribution in [3.8, 4) is 0 Å². The lowest BCUT2D eigenvalue weighted by atomic mass is 9.95. The van der Waals surface area contributed by atoms with Gasteiger partial charge in [0.2, 0.25) is 5.91 Å². The van der Waals surface area contributed by atoms with Crippen LogP contribution in [-0.4, -0.2) is 17.0 Å². The molecule has 6 heteroatoms. The van der Waals surface area contributed by atoms with Crippen molar-refractivity contribution in [3.05, 3.63) is 64.1 Å². The fraction of sp³-hybridized carbons (Fsp3) is 0.176. The number of nitrogens with one attached hydrogen (secondary N) is 1. The molecule has 1 atom stereocenters. The summed E-state index contributed by atoms with van der Waals surface area (Å²) in [5, 5.41) is 12.4. The van der Waals surface area contributed by atoms with E-state index in [2.05, 4.69) is 5.32 Å². The third kappa shape index (κ3) is 5.27. The third-order valence-corrected chi connectivity index (χ3v) is 4.04. The van der Waals surface area contributed by atoms with Crippen molar-refractivity contribution in [3.63, 3.8) is 0 Å². The van der Waals surface area contributed by atoms with Gasteiger partial charge < -0.3 is 10.4 Å². The molecule has 1 unspecified atom stereocenters. The Labute approximate surface area is 144 Å². The second kappa shape index (κ2) is 7.99. The summed E-state index contributed by atoms with van der Waals surface area (Å²) in [5.41, 5.74) is 1.39. The smallest absolute Gasteiger partial charge is 0.304 e. The number of rotatable bonds is 6. The Balaban J connectivity index is 2.12. The van der Waals surface area contributed by atoms with Crippen LogP contribution in [0.15, 0.2) is 48.5 Å². The Kier molecular flexibility index (Phi) is 6.02. The summed E-state index contributed by atoms with van der Waals surface area (Å²) in [6.07, 6.45) is 0.0995. The van der Waals surface area contributed by atoms with Crippen molar-refractivity contribution in [1.82, 2.24) is 0 Å². The first kappa shape index (κ1) is 17.3. The first-order valence-electron chi connectivity index (χ1n) is 6.97. The van der Waals surface area contributed by atoms with Crippen LogP contribution in [0.25, 0.3) is 0 Å². The number of carbonyl (C=O) groups excluding carboxylic acids is 1. The molecule has 0 aliphatic heterocycles. The molecule has 1 amide bonds. The first-order chi connectivity index (χ1) is 11.0. The molecule has 2 aromatic carbocycles. The Morgan fingerprint density at radius 2 is 1.74 bits per heavy atom. The SMILES string of the molecule is O=C(O)CC(Cc1ccccc1)C(=O)Nc1ccc(Cl)c(Cl)c1. The monoisotopic (exact) mass is 351 g/mol. The van der Waals surface area contributed by atoms with Gasteiger partial charge >= 0.3 is 5.97 Å². The zero-order valence-electron chi connectivity index (χ0n) is 12.1. The van der Waals surface area contributed by atoms with Gasteiger partial charge in [0.05, 0.1) is 22.4 Å². The number of halogens is 2. The van der Waals surface area contributed by atoms with Crippen LogP contribution in [0.3, 0.4) is 0 Å². The lowest BCUT2D eigenvalue weighted by molar-refractivity contribution is -0.140. The molecule has 0 saturated carbocycles. The topological polar surface area (TPSA) is 66.4 Å². The summed E-state index contributed by atoms with van der Waals surface area (Å²) in [7, 11) is 0. The van der Waals surface area contributed by atoms with Gasteiger partial charge in [0.1, 0.15) is 0 Å². The number of aliphatic carboxylic acids is 1. The summed E-state index contributed by atoms with van der Waals surface area (Å²) in [6.45, 7) is 0. The van der Waals surface area contributed by atoms with Gasteiger partial charge in [-0.05, 0) is 30.2 Å². The summed E-state index contributed by atoms with van der Waals surface area (Å²) >= 11 is 11.7. The van der Waals surface area contributed by atoms with Crippen LogP contribution in [-0.2, 0) is 16.0 Å². The van der Waals surface area contributed by atoms with Crippen LogP contribution in [0, 0.1) is 5.92 Å². The number of hydrogen-bond donors (Lipinski definition) is 2. The minimum absolute atomic E-state index is 0.248. The number of carbonyl (C=O) groups is 2. The van der Waals surface area contributed by atoms with E-state index in [1.807, 2.05) is 30.3 Å². The Morgan fingerprint density at radius 3 is 2.35 bits per heavy atom. The van der Waals surface area contributed by atoms with Gasteiger partial charge in [0, 0.05) is 5.69 Å². The van der Waals surface area contributed by atoms with Crippen molar-refractivity contribution in [2.24, 2.45) is 5.92 Å². The normalized spacial score (nSPS) is 11.7. The second-order valence-electron chi connectivity index (χ2n) is 5.10. The van der Waals surface area contributed by atoms with E-state index < -0.39 is 11.9 Å². The molecule has 2 rings (SSSR count). The molecular formula is C17H15Cl2NO3. The number of carboxylic acid groups (broad SMARTS) is 1. The largest absolute Gasteiger partial charge is 0.481 e. The molecule has 0 aliphatic carbocycles. The van der Waals surface area contributed by atoms with E-state index in [1.54, 1.807) is 12.1 Å². The van der Waals surface area contributed by atoms with Crippen molar-refractivity contribution in [1.29, 1.82) is 0 Å². The van der Waals surface area contributed by atoms with Crippen LogP contribution in [0.5, 0.6) is 0 Å². The quantitative estimate of drug-likeness (QED) is 0.816. The van der Waals surface area contributed by atoms with Crippen LogP contribution < -0.4 is 5.32 Å². The van der Waals surface area contributed by atoms with Crippen LogP contribution >= 0.6 is 23.2 Å². The molecule has 0 saturated heterocycles. The van der Waals surface area contributed by atoms with E-state index in [0.29, 0.717) is 22.2 Å². The molecule has 0 aromatic heterocycles. The van der Waals surface area contributed by atoms with E-state index in [0.717, 1.165) is 5.56 Å². The van der Waals surface area contributed by atoms with Gasteiger partial charge in [0.25, 0.3) is 0 Å². The number of anilines is 1. The minimum Gasteiger partial charge on any atom is -0.481 e. The first-order valence-corrected chi connectivity index (χ1v) is 7.73. The lowest BCUT2D eigenvalue weighted by Crippen LogP contribution is -2.27. The molecule has 0 bridgehead atoms. The second-order valence-corrected chi connectivity index (χ2v) is 5.92. The van der Waals surface area contributed by atoms with Gasteiger partial charge in [-0.3, -0.25) is 9.59 Å². The zero-order valence-corrected chi connectivity index (χ0v) is 13.6. The molecule has 23 heavy (non-hydrogen) atoms. The van der Waals surface area contributed by atoms with E-state index >= 15 is 0 Å². The maximum atomic E-state index is 12.4. The molecule has 2 N–H and O–H groups in total. The molecular weight excluding hydrogens is 337 g/mol. The zero-order chi connectivity index (χ0) is 16.8. The number of benzene rings is 2. The van der Waals surface area contributed by atoms with Crippen molar-refractivity contribution >= 4 is 40.8 Å². The van der Waals surface area contributed by atoms with E-state index in [1.165, 1.54) is 6.07 Å². The fourth-order valence-corrected chi connectivity index (χ4v) is 2.48. The summed E-state index contributed by atoms with van der Waals surface area (Å²) < 4.78 is 0.